The molecule has 2 N–H and O–H groups in total. The lowest BCUT2D eigenvalue weighted by Gasteiger charge is -2.59. The van der Waals surface area contributed by atoms with Crippen molar-refractivity contribution < 1.29 is 48.5 Å². The number of nitro groups is 1. The summed E-state index contributed by atoms with van der Waals surface area (Å²) in [5, 5.41) is 35.8. The number of rotatable bonds is 22. The van der Waals surface area contributed by atoms with E-state index in [4.69, 9.17) is 28.9 Å². The summed E-state index contributed by atoms with van der Waals surface area (Å²) in [6, 6.07) is 17.8. The molecule has 1 amide bonds. The molecule has 324 valence electrons. The quantitative estimate of drug-likeness (QED) is 0.0325. The van der Waals surface area contributed by atoms with Crippen molar-refractivity contribution in [3.8, 4) is 17.2 Å². The molecule has 0 aromatic heterocycles. The predicted octanol–water partition coefficient (Wildman–Crippen LogP) is 8.68. The number of unbranched alkanes of at least 4 members (excludes halogenated alkanes) is 2. The second-order valence-electron chi connectivity index (χ2n) is 15.6. The standard InChI is InChI=1S/C47H55N3O11/c1-4-6-25-57-46(54)49(3)43-29-41(48-59-31-32-16-18-35(19-17-32)50(55)56)39-27-34(13-7-9-22-51)38(15-8-10-23-52)44-40-28-37(60-36-14-11-12-33(26-36)30-53)20-21-42(40)61-47(43,45(39)44)58-24-5-2/h4-5,11-12,14,16-21,26-28,30,34,38,43-45,51-52H,1-2,6-10,13,15,22-25,29,31H2,3H3/t34-,38+,43-,44+,45+,47+/m0/s1. The van der Waals surface area contributed by atoms with Crippen molar-refractivity contribution in [3.63, 3.8) is 0 Å². The molecule has 3 aromatic rings. The molecule has 3 aromatic carbocycles. The molecule has 6 atom stereocenters. The minimum absolute atomic E-state index is 0.00332. The van der Waals surface area contributed by atoms with Gasteiger partial charge in [0.25, 0.3) is 5.69 Å². The Kier molecular flexibility index (Phi) is 15.5. The number of likely N-dealkylation sites (N-methyl/N-ethyl adjacent to an activating group) is 1. The first-order valence-corrected chi connectivity index (χ1v) is 20.8. The summed E-state index contributed by atoms with van der Waals surface area (Å²) in [5.41, 5.74) is 3.40. The third-order valence-electron chi connectivity index (χ3n) is 11.7. The SMILES string of the molecule is C=CCCOC(=O)N(C)[C@H]1CC(=NOCc2ccc([N+](=O)[O-])cc2)C2=C[C@H](CCCCO)[C@@H](CCCCO)[C@@H]3c4cc(Oc5cccc(C=O)c5)ccc4O[C@@]1(OCC=C)[C@H]23. The van der Waals surface area contributed by atoms with Gasteiger partial charge in [-0.15, -0.1) is 13.2 Å². The monoisotopic (exact) mass is 837 g/mol. The Bertz CT molecular complexity index is 2090. The lowest BCUT2D eigenvalue weighted by Crippen LogP contribution is -2.69. The van der Waals surface area contributed by atoms with Crippen LogP contribution in [0.2, 0.25) is 0 Å². The molecule has 0 unspecified atom stereocenters. The molecule has 0 spiro atoms. The van der Waals surface area contributed by atoms with Crippen molar-refractivity contribution in [1.29, 1.82) is 0 Å². The molecule has 6 rings (SSSR count). The molecule has 0 saturated heterocycles. The van der Waals surface area contributed by atoms with Crippen LogP contribution in [0.4, 0.5) is 10.5 Å². The van der Waals surface area contributed by atoms with Gasteiger partial charge in [0, 0.05) is 55.9 Å². The minimum atomic E-state index is -1.48. The maximum absolute atomic E-state index is 13.9. The molecule has 61 heavy (non-hydrogen) atoms. The van der Waals surface area contributed by atoms with Crippen molar-refractivity contribution in [2.75, 3.05) is 33.5 Å². The zero-order valence-corrected chi connectivity index (χ0v) is 34.6. The number of allylic oxidation sites excluding steroid dienone is 1. The highest BCUT2D eigenvalue weighted by atomic mass is 16.7. The van der Waals surface area contributed by atoms with Gasteiger partial charge in [-0.2, -0.15) is 0 Å². The van der Waals surface area contributed by atoms with Crippen molar-refractivity contribution in [3.05, 3.63) is 130 Å². The Morgan fingerprint density at radius 2 is 1.77 bits per heavy atom. The van der Waals surface area contributed by atoms with Crippen molar-refractivity contribution in [1.82, 2.24) is 4.90 Å². The van der Waals surface area contributed by atoms with Crippen LogP contribution in [0.25, 0.3) is 0 Å². The number of oxime groups is 1. The number of aldehydes is 1. The molecule has 0 radical (unpaired) electrons. The minimum Gasteiger partial charge on any atom is -0.459 e. The number of fused-ring (bicyclic) bond motifs is 2. The van der Waals surface area contributed by atoms with E-state index in [2.05, 4.69) is 19.2 Å². The smallest absolute Gasteiger partial charge is 0.409 e. The summed E-state index contributed by atoms with van der Waals surface area (Å²) >= 11 is 0. The largest absolute Gasteiger partial charge is 0.459 e. The topological polar surface area (TPSA) is 179 Å². The number of amides is 1. The summed E-state index contributed by atoms with van der Waals surface area (Å²) in [5.74, 6) is -0.797. The van der Waals surface area contributed by atoms with E-state index in [1.54, 1.807) is 61.7 Å². The van der Waals surface area contributed by atoms with E-state index in [1.165, 1.54) is 17.0 Å². The lowest BCUT2D eigenvalue weighted by atomic mass is 9.55. The van der Waals surface area contributed by atoms with Crippen LogP contribution in [-0.4, -0.2) is 83.4 Å². The van der Waals surface area contributed by atoms with Gasteiger partial charge in [0.2, 0.25) is 5.79 Å². The molecular formula is C47H55N3O11. The second-order valence-corrected chi connectivity index (χ2v) is 15.6. The van der Waals surface area contributed by atoms with Gasteiger partial charge in [-0.3, -0.25) is 14.9 Å². The Hall–Kier alpha value is -5.83. The predicted molar refractivity (Wildman–Crippen MR) is 229 cm³/mol. The van der Waals surface area contributed by atoms with Crippen LogP contribution in [0.5, 0.6) is 17.2 Å². The average Bonchev–Trinajstić information content (AvgIpc) is 3.27. The number of carbonyl (C=O) groups excluding carboxylic acids is 2. The zero-order valence-electron chi connectivity index (χ0n) is 34.6. The lowest BCUT2D eigenvalue weighted by molar-refractivity contribution is -0.384. The molecule has 0 bridgehead atoms. The summed E-state index contributed by atoms with van der Waals surface area (Å²) < 4.78 is 26.2. The van der Waals surface area contributed by atoms with Gasteiger partial charge in [-0.25, -0.2) is 4.79 Å². The number of aliphatic hydroxyl groups excluding tert-OH is 2. The number of hydrogen-bond donors (Lipinski definition) is 2. The van der Waals surface area contributed by atoms with Crippen molar-refractivity contribution in [2.45, 2.75) is 75.7 Å². The van der Waals surface area contributed by atoms with Gasteiger partial charge in [0.1, 0.15) is 36.2 Å². The van der Waals surface area contributed by atoms with Gasteiger partial charge >= 0.3 is 6.09 Å². The number of hydrogen-bond acceptors (Lipinski definition) is 12. The molecule has 1 saturated carbocycles. The molecule has 14 nitrogen and oxygen atoms in total. The van der Waals surface area contributed by atoms with E-state index >= 15 is 0 Å². The Balaban J connectivity index is 1.53. The summed E-state index contributed by atoms with van der Waals surface area (Å²) in [7, 11) is 1.65. The number of non-ortho nitro benzene ring substituents is 1. The van der Waals surface area contributed by atoms with Crippen LogP contribution in [-0.2, 0) is 20.9 Å². The highest BCUT2D eigenvalue weighted by molar-refractivity contribution is 6.03. The first-order chi connectivity index (χ1) is 29.7. The molecule has 1 fully saturated rings. The Morgan fingerprint density at radius 1 is 1.02 bits per heavy atom. The number of nitro benzene ring substituents is 1. The van der Waals surface area contributed by atoms with E-state index in [-0.39, 0.29) is 62.9 Å². The number of carbonyl (C=O) groups is 2. The maximum Gasteiger partial charge on any atom is 0.409 e. The van der Waals surface area contributed by atoms with Crippen LogP contribution in [0.1, 0.15) is 78.8 Å². The number of nitrogens with zero attached hydrogens (tertiary/aromatic N) is 3. The van der Waals surface area contributed by atoms with Crippen LogP contribution in [0.3, 0.4) is 0 Å². The summed E-state index contributed by atoms with van der Waals surface area (Å²) in [6.45, 7) is 8.06. The normalized spacial score (nSPS) is 23.0. The van der Waals surface area contributed by atoms with Crippen LogP contribution < -0.4 is 9.47 Å². The van der Waals surface area contributed by atoms with Crippen LogP contribution in [0.15, 0.2) is 109 Å². The van der Waals surface area contributed by atoms with E-state index in [0.29, 0.717) is 53.3 Å². The van der Waals surface area contributed by atoms with Gasteiger partial charge in [0.15, 0.2) is 0 Å². The van der Waals surface area contributed by atoms with Gasteiger partial charge in [-0.1, -0.05) is 48.4 Å². The second kappa shape index (κ2) is 21.1. The Labute approximate surface area is 356 Å². The number of ether oxygens (including phenoxy) is 4. The molecule has 3 aliphatic rings. The molecule has 14 heteroatoms. The third-order valence-corrected chi connectivity index (χ3v) is 11.7. The van der Waals surface area contributed by atoms with Gasteiger partial charge < -0.3 is 38.9 Å². The summed E-state index contributed by atoms with van der Waals surface area (Å²) in [4.78, 5) is 43.9. The average molecular weight is 838 g/mol. The molecule has 1 heterocycles. The number of benzene rings is 3. The van der Waals surface area contributed by atoms with E-state index in [1.807, 2.05) is 12.1 Å². The number of aliphatic hydroxyl groups is 2. The fourth-order valence-electron chi connectivity index (χ4n) is 8.94. The highest BCUT2D eigenvalue weighted by Gasteiger charge is 2.65. The first-order valence-electron chi connectivity index (χ1n) is 20.8. The fourth-order valence-corrected chi connectivity index (χ4v) is 8.94. The van der Waals surface area contributed by atoms with Crippen LogP contribution in [0, 0.1) is 27.9 Å². The van der Waals surface area contributed by atoms with Crippen molar-refractivity contribution >= 4 is 23.8 Å². The fraction of sp³-hybridized carbons (Fsp3) is 0.426. The van der Waals surface area contributed by atoms with Gasteiger partial charge in [0.05, 0.1) is 29.8 Å². The zero-order chi connectivity index (χ0) is 43.4. The molecule has 2 aliphatic carbocycles. The maximum atomic E-state index is 13.9. The van der Waals surface area contributed by atoms with E-state index < -0.39 is 28.8 Å². The molecule has 1 aliphatic heterocycles. The summed E-state index contributed by atoms with van der Waals surface area (Å²) in [6.07, 6.45) is 10.6. The third kappa shape index (κ3) is 10.2. The highest BCUT2D eigenvalue weighted by Crippen LogP contribution is 2.62. The van der Waals surface area contributed by atoms with Crippen LogP contribution >= 0.6 is 0 Å². The molecular weight excluding hydrogens is 783 g/mol. The first kappa shape index (κ1) is 44.7. The Morgan fingerprint density at radius 3 is 2.48 bits per heavy atom. The van der Waals surface area contributed by atoms with E-state index in [0.717, 1.165) is 43.1 Å². The van der Waals surface area contributed by atoms with E-state index in [9.17, 15) is 29.9 Å². The van der Waals surface area contributed by atoms with Crippen molar-refractivity contribution in [2.24, 2.45) is 22.9 Å². The van der Waals surface area contributed by atoms with Gasteiger partial charge in [-0.05, 0) is 97.5 Å².